The number of likely N-dealkylation sites (tertiary alicyclic amines) is 1. The van der Waals surface area contributed by atoms with Gasteiger partial charge in [-0.2, -0.15) is 0 Å². The molecule has 3 atom stereocenters. The lowest BCUT2D eigenvalue weighted by molar-refractivity contribution is -0.148. The van der Waals surface area contributed by atoms with Crippen LogP contribution in [0.25, 0.3) is 0 Å². The lowest BCUT2D eigenvalue weighted by Gasteiger charge is -2.34. The van der Waals surface area contributed by atoms with Crippen LogP contribution in [0.2, 0.25) is 5.02 Å². The van der Waals surface area contributed by atoms with Crippen molar-refractivity contribution in [2.75, 3.05) is 33.4 Å². The van der Waals surface area contributed by atoms with Crippen molar-refractivity contribution in [3.63, 3.8) is 0 Å². The molecule has 2 saturated heterocycles. The molecule has 0 aromatic heterocycles. The number of morpholine rings is 1. The van der Waals surface area contributed by atoms with Crippen molar-refractivity contribution in [1.29, 1.82) is 0 Å². The van der Waals surface area contributed by atoms with E-state index < -0.39 is 17.4 Å². The lowest BCUT2D eigenvalue weighted by Crippen LogP contribution is -2.46. The normalized spacial score (nSPS) is 30.4. The molecule has 1 aromatic carbocycles. The first kappa shape index (κ1) is 18.2. The maximum Gasteiger partial charge on any atom is 0.323 e. The highest BCUT2D eigenvalue weighted by Crippen LogP contribution is 2.48. The van der Waals surface area contributed by atoms with Crippen LogP contribution in [-0.2, 0) is 14.3 Å². The van der Waals surface area contributed by atoms with Gasteiger partial charge in [0.25, 0.3) is 0 Å². The first-order valence-electron chi connectivity index (χ1n) is 8.43. The fourth-order valence-electron chi connectivity index (χ4n) is 3.88. The van der Waals surface area contributed by atoms with E-state index in [4.69, 9.17) is 16.3 Å². The van der Waals surface area contributed by atoms with Gasteiger partial charge in [-0.05, 0) is 32.0 Å². The topological polar surface area (TPSA) is 70.1 Å². The third-order valence-corrected chi connectivity index (χ3v) is 5.86. The summed E-state index contributed by atoms with van der Waals surface area (Å²) in [5, 5.41) is 10.3. The number of hydrogen-bond acceptors (Lipinski definition) is 4. The predicted octanol–water partition coefficient (Wildman–Crippen LogP) is 2.03. The van der Waals surface area contributed by atoms with Crippen LogP contribution in [0.15, 0.2) is 24.3 Å². The van der Waals surface area contributed by atoms with E-state index in [2.05, 4.69) is 0 Å². The molecule has 1 aromatic rings. The van der Waals surface area contributed by atoms with Crippen LogP contribution < -0.4 is 0 Å². The molecule has 2 aliphatic rings. The molecule has 1 amide bonds. The minimum absolute atomic E-state index is 0.0231. The standard InChI is InChI=1S/C18H23ClN2O4/c1-18(17(23)24)11-13(16(22)21-7-9-25-10-8-21)15(20(18)2)12-5-3-4-6-14(12)19/h3-6,13,15H,7-11H2,1-2H3,(H,23,24)/t13-,15-,18-/m0/s1. The zero-order chi connectivity index (χ0) is 18.2. The van der Waals surface area contributed by atoms with Gasteiger partial charge in [-0.25, -0.2) is 0 Å². The monoisotopic (exact) mass is 366 g/mol. The Kier molecular flexibility index (Phi) is 5.04. The molecule has 2 heterocycles. The summed E-state index contributed by atoms with van der Waals surface area (Å²) in [6.07, 6.45) is 0.255. The highest BCUT2D eigenvalue weighted by molar-refractivity contribution is 6.31. The first-order valence-corrected chi connectivity index (χ1v) is 8.81. The maximum atomic E-state index is 13.2. The number of nitrogens with zero attached hydrogens (tertiary/aromatic N) is 2. The average molecular weight is 367 g/mol. The lowest BCUT2D eigenvalue weighted by atomic mass is 9.89. The van der Waals surface area contributed by atoms with Crippen molar-refractivity contribution < 1.29 is 19.4 Å². The van der Waals surface area contributed by atoms with Crippen LogP contribution >= 0.6 is 11.6 Å². The van der Waals surface area contributed by atoms with Gasteiger partial charge < -0.3 is 14.7 Å². The molecule has 0 bridgehead atoms. The Morgan fingerprint density at radius 1 is 1.28 bits per heavy atom. The number of amides is 1. The van der Waals surface area contributed by atoms with E-state index in [-0.39, 0.29) is 18.4 Å². The molecule has 7 heteroatoms. The summed E-state index contributed by atoms with van der Waals surface area (Å²) < 4.78 is 5.32. The summed E-state index contributed by atoms with van der Waals surface area (Å²) in [5.74, 6) is -1.40. The molecular formula is C18H23ClN2O4. The third-order valence-electron chi connectivity index (χ3n) is 5.52. The molecule has 0 saturated carbocycles. The number of carboxylic acid groups (broad SMARTS) is 1. The fourth-order valence-corrected chi connectivity index (χ4v) is 4.13. The number of aliphatic carboxylic acids is 1. The Morgan fingerprint density at radius 3 is 2.52 bits per heavy atom. The minimum Gasteiger partial charge on any atom is -0.480 e. The smallest absolute Gasteiger partial charge is 0.323 e. The van der Waals surface area contributed by atoms with E-state index in [1.807, 2.05) is 18.2 Å². The number of carbonyl (C=O) groups is 2. The Bertz CT molecular complexity index is 677. The van der Waals surface area contributed by atoms with Gasteiger partial charge in [0, 0.05) is 24.2 Å². The molecule has 0 spiro atoms. The molecule has 2 fully saturated rings. The van der Waals surface area contributed by atoms with E-state index in [0.29, 0.717) is 31.3 Å². The summed E-state index contributed by atoms with van der Waals surface area (Å²) >= 11 is 6.38. The van der Waals surface area contributed by atoms with Crippen molar-refractivity contribution in [3.05, 3.63) is 34.9 Å². The largest absolute Gasteiger partial charge is 0.480 e. The maximum absolute atomic E-state index is 13.2. The molecule has 25 heavy (non-hydrogen) atoms. The number of benzene rings is 1. The van der Waals surface area contributed by atoms with Gasteiger partial charge in [-0.15, -0.1) is 0 Å². The Hall–Kier alpha value is -1.63. The van der Waals surface area contributed by atoms with Gasteiger partial charge in [0.1, 0.15) is 5.54 Å². The highest BCUT2D eigenvalue weighted by Gasteiger charge is 2.55. The summed E-state index contributed by atoms with van der Waals surface area (Å²) in [6, 6.07) is 6.97. The molecular weight excluding hydrogens is 344 g/mol. The molecule has 2 aliphatic heterocycles. The summed E-state index contributed by atoms with van der Waals surface area (Å²) in [7, 11) is 1.76. The van der Waals surface area contributed by atoms with Crippen molar-refractivity contribution in [1.82, 2.24) is 9.80 Å². The van der Waals surface area contributed by atoms with Crippen LogP contribution in [0.3, 0.4) is 0 Å². The Balaban J connectivity index is 1.99. The second kappa shape index (κ2) is 6.94. The van der Waals surface area contributed by atoms with Crippen molar-refractivity contribution >= 4 is 23.5 Å². The van der Waals surface area contributed by atoms with E-state index in [0.717, 1.165) is 5.56 Å². The Labute approximate surface area is 152 Å². The van der Waals surface area contributed by atoms with E-state index in [9.17, 15) is 14.7 Å². The van der Waals surface area contributed by atoms with Crippen LogP contribution in [0.1, 0.15) is 24.9 Å². The zero-order valence-corrected chi connectivity index (χ0v) is 15.2. The number of halogens is 1. The van der Waals surface area contributed by atoms with Gasteiger partial charge in [0.05, 0.1) is 19.1 Å². The fraction of sp³-hybridized carbons (Fsp3) is 0.556. The number of hydrogen-bond donors (Lipinski definition) is 1. The van der Waals surface area contributed by atoms with E-state index in [1.54, 1.807) is 29.8 Å². The molecule has 1 N–H and O–H groups in total. The van der Waals surface area contributed by atoms with E-state index >= 15 is 0 Å². The molecule has 6 nitrogen and oxygen atoms in total. The van der Waals surface area contributed by atoms with Crippen LogP contribution in [-0.4, -0.2) is 65.7 Å². The number of likely N-dealkylation sites (N-methyl/N-ethyl adjacent to an activating group) is 1. The average Bonchev–Trinajstić information content (AvgIpc) is 2.88. The second-order valence-electron chi connectivity index (χ2n) is 6.90. The van der Waals surface area contributed by atoms with Gasteiger partial charge in [0.15, 0.2) is 0 Å². The quantitative estimate of drug-likeness (QED) is 0.886. The van der Waals surface area contributed by atoms with Gasteiger partial charge in [0.2, 0.25) is 5.91 Å². The molecule has 0 unspecified atom stereocenters. The Morgan fingerprint density at radius 2 is 1.92 bits per heavy atom. The van der Waals surface area contributed by atoms with E-state index in [1.165, 1.54) is 0 Å². The number of rotatable bonds is 3. The van der Waals surface area contributed by atoms with Crippen molar-refractivity contribution in [3.8, 4) is 0 Å². The predicted molar refractivity (Wildman–Crippen MR) is 93.5 cm³/mol. The molecule has 3 rings (SSSR count). The van der Waals surface area contributed by atoms with Gasteiger partial charge in [-0.1, -0.05) is 29.8 Å². The third kappa shape index (κ3) is 3.14. The summed E-state index contributed by atoms with van der Waals surface area (Å²) in [4.78, 5) is 28.6. The van der Waals surface area contributed by atoms with Crippen molar-refractivity contribution in [2.45, 2.75) is 24.9 Å². The number of carbonyl (C=O) groups excluding carboxylic acids is 1. The van der Waals surface area contributed by atoms with Crippen LogP contribution in [0.5, 0.6) is 0 Å². The number of carboxylic acids is 1. The van der Waals surface area contributed by atoms with Gasteiger partial charge >= 0.3 is 5.97 Å². The number of ether oxygens (including phenoxy) is 1. The van der Waals surface area contributed by atoms with Crippen molar-refractivity contribution in [2.24, 2.45) is 5.92 Å². The summed E-state index contributed by atoms with van der Waals surface area (Å²) in [6.45, 7) is 3.78. The first-order chi connectivity index (χ1) is 11.9. The summed E-state index contributed by atoms with van der Waals surface area (Å²) in [5.41, 5.74) is -0.320. The SMILES string of the molecule is CN1[C@@H](c2ccccc2Cl)[C@@H](C(=O)N2CCOCC2)C[C@@]1(C)C(=O)O. The molecule has 136 valence electrons. The molecule has 0 radical (unpaired) electrons. The second-order valence-corrected chi connectivity index (χ2v) is 7.31. The zero-order valence-electron chi connectivity index (χ0n) is 14.4. The minimum atomic E-state index is -1.11. The van der Waals surface area contributed by atoms with Crippen LogP contribution in [0.4, 0.5) is 0 Å². The molecule has 0 aliphatic carbocycles. The van der Waals surface area contributed by atoms with Gasteiger partial charge in [-0.3, -0.25) is 14.5 Å². The van der Waals surface area contributed by atoms with Crippen LogP contribution in [0, 0.1) is 5.92 Å². The highest BCUT2D eigenvalue weighted by atomic mass is 35.5.